The molecular formula is C6H8BrN3S. The van der Waals surface area contributed by atoms with E-state index in [0.717, 1.165) is 15.4 Å². The van der Waals surface area contributed by atoms with Crippen molar-refractivity contribution in [1.29, 1.82) is 0 Å². The van der Waals surface area contributed by atoms with Crippen LogP contribution in [0.2, 0.25) is 0 Å². The first-order valence-corrected chi connectivity index (χ1v) is 4.92. The number of halogens is 1. The highest BCUT2D eigenvalue weighted by Crippen LogP contribution is 2.19. The number of nitrogens with two attached hydrogens (primary N) is 1. The van der Waals surface area contributed by atoms with Gasteiger partial charge in [0, 0.05) is 6.20 Å². The zero-order valence-electron chi connectivity index (χ0n) is 6.04. The molecule has 0 saturated heterocycles. The maximum atomic E-state index is 5.54. The molecule has 11 heavy (non-hydrogen) atoms. The van der Waals surface area contributed by atoms with Gasteiger partial charge in [-0.3, -0.25) is 0 Å². The molecule has 0 amide bonds. The van der Waals surface area contributed by atoms with E-state index in [9.17, 15) is 0 Å². The van der Waals surface area contributed by atoms with Crippen LogP contribution in [0.5, 0.6) is 0 Å². The van der Waals surface area contributed by atoms with Crippen LogP contribution in [0.3, 0.4) is 0 Å². The van der Waals surface area contributed by atoms with Gasteiger partial charge in [-0.1, -0.05) is 18.7 Å². The Labute approximate surface area is 77.9 Å². The average Bonchev–Trinajstić information content (AvgIpc) is 1.98. The monoisotopic (exact) mass is 233 g/mol. The van der Waals surface area contributed by atoms with E-state index >= 15 is 0 Å². The van der Waals surface area contributed by atoms with Gasteiger partial charge in [0.25, 0.3) is 0 Å². The molecule has 0 bridgehead atoms. The van der Waals surface area contributed by atoms with Crippen LogP contribution in [0, 0.1) is 0 Å². The lowest BCUT2D eigenvalue weighted by Crippen LogP contribution is -1.95. The Bertz CT molecular complexity index is 254. The molecule has 0 aromatic carbocycles. The van der Waals surface area contributed by atoms with Crippen LogP contribution < -0.4 is 5.73 Å². The van der Waals surface area contributed by atoms with E-state index in [2.05, 4.69) is 25.9 Å². The number of nitrogens with zero attached hydrogens (tertiary/aromatic N) is 2. The van der Waals surface area contributed by atoms with Crippen molar-refractivity contribution < 1.29 is 0 Å². The Morgan fingerprint density at radius 2 is 2.45 bits per heavy atom. The molecule has 3 nitrogen and oxygen atoms in total. The molecule has 0 aliphatic carbocycles. The van der Waals surface area contributed by atoms with Crippen molar-refractivity contribution in [3.05, 3.63) is 10.7 Å². The highest BCUT2D eigenvalue weighted by molar-refractivity contribution is 9.10. The molecule has 2 N–H and O–H groups in total. The van der Waals surface area contributed by atoms with Gasteiger partial charge >= 0.3 is 0 Å². The summed E-state index contributed by atoms with van der Waals surface area (Å²) in [6, 6.07) is 0. The molecule has 0 aliphatic heterocycles. The van der Waals surface area contributed by atoms with Crippen LogP contribution in [0.1, 0.15) is 6.92 Å². The van der Waals surface area contributed by atoms with Gasteiger partial charge < -0.3 is 5.73 Å². The third-order valence-electron chi connectivity index (χ3n) is 1.02. The summed E-state index contributed by atoms with van der Waals surface area (Å²) in [6.45, 7) is 2.05. The lowest BCUT2D eigenvalue weighted by molar-refractivity contribution is 0.968. The zero-order valence-corrected chi connectivity index (χ0v) is 8.44. The summed E-state index contributed by atoms with van der Waals surface area (Å²) in [4.78, 5) is 8.10. The Balaban J connectivity index is 2.86. The number of anilines is 1. The smallest absolute Gasteiger partial charge is 0.189 e. The first-order chi connectivity index (χ1) is 5.24. The third kappa shape index (κ3) is 2.34. The van der Waals surface area contributed by atoms with Gasteiger partial charge in [-0.2, -0.15) is 0 Å². The number of nitrogen functional groups attached to an aromatic ring is 1. The van der Waals surface area contributed by atoms with Gasteiger partial charge in [0.15, 0.2) is 5.16 Å². The van der Waals surface area contributed by atoms with E-state index in [4.69, 9.17) is 5.73 Å². The molecule has 0 saturated carbocycles. The van der Waals surface area contributed by atoms with E-state index in [0.29, 0.717) is 5.82 Å². The van der Waals surface area contributed by atoms with Crippen molar-refractivity contribution in [2.24, 2.45) is 0 Å². The Kier molecular flexibility index (Phi) is 3.14. The second kappa shape index (κ2) is 3.92. The topological polar surface area (TPSA) is 51.8 Å². The van der Waals surface area contributed by atoms with Crippen molar-refractivity contribution >= 4 is 33.5 Å². The standard InChI is InChI=1S/C6H8BrN3S/c1-2-11-6-9-3-4(7)5(8)10-6/h3H,2H2,1H3,(H2,8,9,10). The number of hydrogen-bond donors (Lipinski definition) is 1. The summed E-state index contributed by atoms with van der Waals surface area (Å²) in [5.74, 6) is 1.46. The second-order valence-electron chi connectivity index (χ2n) is 1.82. The van der Waals surface area contributed by atoms with Crippen molar-refractivity contribution in [3.63, 3.8) is 0 Å². The van der Waals surface area contributed by atoms with Crippen LogP contribution >= 0.6 is 27.7 Å². The SMILES string of the molecule is CCSc1ncc(Br)c(N)n1. The maximum Gasteiger partial charge on any atom is 0.189 e. The molecule has 1 aromatic rings. The van der Waals surface area contributed by atoms with E-state index in [1.807, 2.05) is 6.92 Å². The fourth-order valence-electron chi connectivity index (χ4n) is 0.562. The first kappa shape index (κ1) is 8.80. The molecule has 0 unspecified atom stereocenters. The molecule has 0 atom stereocenters. The quantitative estimate of drug-likeness (QED) is 0.627. The van der Waals surface area contributed by atoms with Crippen LogP contribution in [-0.4, -0.2) is 15.7 Å². The van der Waals surface area contributed by atoms with E-state index in [-0.39, 0.29) is 0 Å². The summed E-state index contributed by atoms with van der Waals surface area (Å²) in [7, 11) is 0. The largest absolute Gasteiger partial charge is 0.383 e. The predicted octanol–water partition coefficient (Wildman–Crippen LogP) is 1.93. The van der Waals surface area contributed by atoms with Gasteiger partial charge in [0.1, 0.15) is 5.82 Å². The van der Waals surface area contributed by atoms with Gasteiger partial charge in [-0.15, -0.1) is 0 Å². The lowest BCUT2D eigenvalue weighted by Gasteiger charge is -1.98. The Morgan fingerprint density at radius 3 is 3.00 bits per heavy atom. The molecule has 1 heterocycles. The van der Waals surface area contributed by atoms with Gasteiger partial charge in [-0.25, -0.2) is 9.97 Å². The number of aromatic nitrogens is 2. The molecule has 1 rings (SSSR count). The minimum atomic E-state index is 0.496. The third-order valence-corrected chi connectivity index (χ3v) is 2.38. The van der Waals surface area contributed by atoms with Gasteiger partial charge in [-0.05, 0) is 21.7 Å². The van der Waals surface area contributed by atoms with Crippen LogP contribution in [0.25, 0.3) is 0 Å². The minimum absolute atomic E-state index is 0.496. The van der Waals surface area contributed by atoms with Gasteiger partial charge in [0.05, 0.1) is 4.47 Å². The van der Waals surface area contributed by atoms with Crippen LogP contribution in [0.15, 0.2) is 15.8 Å². The summed E-state index contributed by atoms with van der Waals surface area (Å²) in [6.07, 6.45) is 1.67. The summed E-state index contributed by atoms with van der Waals surface area (Å²) in [5.41, 5.74) is 5.54. The number of rotatable bonds is 2. The van der Waals surface area contributed by atoms with Crippen molar-refractivity contribution in [3.8, 4) is 0 Å². The normalized spacial score (nSPS) is 10.0. The fourth-order valence-corrected chi connectivity index (χ4v) is 1.30. The van der Waals surface area contributed by atoms with Crippen molar-refractivity contribution in [1.82, 2.24) is 9.97 Å². The molecular weight excluding hydrogens is 226 g/mol. The first-order valence-electron chi connectivity index (χ1n) is 3.15. The fraction of sp³-hybridized carbons (Fsp3) is 0.333. The maximum absolute atomic E-state index is 5.54. The van der Waals surface area contributed by atoms with E-state index in [1.165, 1.54) is 0 Å². The summed E-state index contributed by atoms with van der Waals surface area (Å²) < 4.78 is 0.748. The van der Waals surface area contributed by atoms with Crippen LogP contribution in [-0.2, 0) is 0 Å². The van der Waals surface area contributed by atoms with E-state index < -0.39 is 0 Å². The van der Waals surface area contributed by atoms with Crippen molar-refractivity contribution in [2.45, 2.75) is 12.1 Å². The highest BCUT2D eigenvalue weighted by atomic mass is 79.9. The molecule has 5 heteroatoms. The Morgan fingerprint density at radius 1 is 1.73 bits per heavy atom. The molecule has 0 radical (unpaired) electrons. The zero-order chi connectivity index (χ0) is 8.27. The second-order valence-corrected chi connectivity index (χ2v) is 3.90. The van der Waals surface area contributed by atoms with Crippen LogP contribution in [0.4, 0.5) is 5.82 Å². The molecule has 1 aromatic heterocycles. The highest BCUT2D eigenvalue weighted by Gasteiger charge is 1.99. The molecule has 0 fully saturated rings. The van der Waals surface area contributed by atoms with Crippen molar-refractivity contribution in [2.75, 3.05) is 11.5 Å². The molecule has 60 valence electrons. The predicted molar refractivity (Wildman–Crippen MR) is 50.5 cm³/mol. The van der Waals surface area contributed by atoms with Gasteiger partial charge in [0.2, 0.25) is 0 Å². The molecule has 0 spiro atoms. The summed E-state index contributed by atoms with van der Waals surface area (Å²) >= 11 is 4.80. The average molecular weight is 234 g/mol. The lowest BCUT2D eigenvalue weighted by atomic mass is 10.6. The molecule has 0 aliphatic rings. The summed E-state index contributed by atoms with van der Waals surface area (Å²) in [5, 5.41) is 0.730. The number of thioether (sulfide) groups is 1. The number of hydrogen-bond acceptors (Lipinski definition) is 4. The Hall–Kier alpha value is -0.290. The van der Waals surface area contributed by atoms with E-state index in [1.54, 1.807) is 18.0 Å². The minimum Gasteiger partial charge on any atom is -0.383 e.